The lowest BCUT2D eigenvalue weighted by Gasteiger charge is -2.25. The van der Waals surface area contributed by atoms with Crippen molar-refractivity contribution in [1.82, 2.24) is 14.9 Å². The van der Waals surface area contributed by atoms with E-state index in [2.05, 4.69) is 20.2 Å². The average Bonchev–Trinajstić information content (AvgIpc) is 2.70. The Morgan fingerprint density at radius 3 is 2.78 bits per heavy atom. The van der Waals surface area contributed by atoms with Crippen molar-refractivity contribution in [3.63, 3.8) is 0 Å². The Bertz CT molecular complexity index is 812. The van der Waals surface area contributed by atoms with Crippen molar-refractivity contribution >= 4 is 29.0 Å². The van der Waals surface area contributed by atoms with Crippen LogP contribution in [0.2, 0.25) is 5.02 Å². The van der Waals surface area contributed by atoms with Crippen LogP contribution in [0.3, 0.4) is 0 Å². The fourth-order valence-electron chi connectivity index (χ4n) is 2.70. The Labute approximate surface area is 162 Å². The summed E-state index contributed by atoms with van der Waals surface area (Å²) in [6.45, 7) is 3.20. The summed E-state index contributed by atoms with van der Waals surface area (Å²) in [6.07, 6.45) is 1.45. The Kier molecular flexibility index (Phi) is 6.44. The standard InChI is InChI=1S/C18H21ClN4O4/c1-25-16-9-12(15(24)11-23-5-7-27-8-6-23)3-4-14(16)21-18-20-10-13(19)17(22-18)26-2/h3-4,9-10H,5-8,11H2,1-2H3,(H,20,21,22). The number of rotatable bonds is 7. The van der Waals surface area contributed by atoms with Gasteiger partial charge in [-0.3, -0.25) is 9.69 Å². The first kappa shape index (κ1) is 19.3. The molecule has 1 aromatic heterocycles. The van der Waals surface area contributed by atoms with E-state index in [1.54, 1.807) is 25.3 Å². The highest BCUT2D eigenvalue weighted by Gasteiger charge is 2.17. The second-order valence-electron chi connectivity index (χ2n) is 5.90. The number of anilines is 2. The van der Waals surface area contributed by atoms with E-state index in [-0.39, 0.29) is 11.7 Å². The molecule has 1 N–H and O–H groups in total. The maximum atomic E-state index is 12.6. The van der Waals surface area contributed by atoms with Crippen molar-refractivity contribution in [3.05, 3.63) is 35.0 Å². The number of halogens is 1. The van der Waals surface area contributed by atoms with Gasteiger partial charge in [0, 0.05) is 18.7 Å². The molecule has 8 nitrogen and oxygen atoms in total. The fraction of sp³-hybridized carbons (Fsp3) is 0.389. The molecule has 1 fully saturated rings. The minimum atomic E-state index is 0.0335. The Morgan fingerprint density at radius 1 is 1.30 bits per heavy atom. The number of Topliss-reactive ketones (excluding diaryl/α,β-unsaturated/α-hetero) is 1. The van der Waals surface area contributed by atoms with Crippen LogP contribution in [0.4, 0.5) is 11.6 Å². The van der Waals surface area contributed by atoms with E-state index in [0.717, 1.165) is 13.1 Å². The van der Waals surface area contributed by atoms with Crippen molar-refractivity contribution in [3.8, 4) is 11.6 Å². The molecule has 0 bridgehead atoms. The molecule has 2 heterocycles. The minimum absolute atomic E-state index is 0.0335. The molecule has 1 aliphatic rings. The first-order valence-corrected chi connectivity index (χ1v) is 8.83. The summed E-state index contributed by atoms with van der Waals surface area (Å²) in [6, 6.07) is 5.22. The van der Waals surface area contributed by atoms with E-state index in [1.165, 1.54) is 13.3 Å². The molecule has 3 rings (SSSR count). The molecule has 0 aliphatic carbocycles. The molecule has 0 spiro atoms. The van der Waals surface area contributed by atoms with Gasteiger partial charge in [0.1, 0.15) is 10.8 Å². The number of hydrogen-bond donors (Lipinski definition) is 1. The van der Waals surface area contributed by atoms with Gasteiger partial charge in [-0.15, -0.1) is 0 Å². The number of ether oxygens (including phenoxy) is 3. The zero-order chi connectivity index (χ0) is 19.2. The number of aromatic nitrogens is 2. The highest BCUT2D eigenvalue weighted by Crippen LogP contribution is 2.29. The van der Waals surface area contributed by atoms with E-state index >= 15 is 0 Å². The third kappa shape index (κ3) is 4.85. The Morgan fingerprint density at radius 2 is 2.07 bits per heavy atom. The van der Waals surface area contributed by atoms with Crippen LogP contribution >= 0.6 is 11.6 Å². The molecule has 9 heteroatoms. The van der Waals surface area contributed by atoms with Crippen LogP contribution < -0.4 is 14.8 Å². The number of hydrogen-bond acceptors (Lipinski definition) is 8. The van der Waals surface area contributed by atoms with Crippen LogP contribution in [0.15, 0.2) is 24.4 Å². The van der Waals surface area contributed by atoms with E-state index in [0.29, 0.717) is 47.7 Å². The lowest BCUT2D eigenvalue weighted by molar-refractivity contribution is 0.0371. The summed E-state index contributed by atoms with van der Waals surface area (Å²) in [7, 11) is 3.02. The van der Waals surface area contributed by atoms with Gasteiger partial charge in [0.25, 0.3) is 0 Å². The van der Waals surface area contributed by atoms with Crippen LogP contribution in [0.5, 0.6) is 11.6 Å². The first-order chi connectivity index (χ1) is 13.1. The van der Waals surface area contributed by atoms with Gasteiger partial charge in [0.05, 0.1) is 45.9 Å². The number of ketones is 1. The summed E-state index contributed by atoms with van der Waals surface area (Å²) in [5.74, 6) is 1.12. The number of nitrogens with one attached hydrogen (secondary N) is 1. The molecule has 0 amide bonds. The van der Waals surface area contributed by atoms with E-state index < -0.39 is 0 Å². The van der Waals surface area contributed by atoms with E-state index in [1.807, 2.05) is 0 Å². The lowest BCUT2D eigenvalue weighted by Crippen LogP contribution is -2.39. The monoisotopic (exact) mass is 392 g/mol. The third-order valence-electron chi connectivity index (χ3n) is 4.15. The normalized spacial score (nSPS) is 14.6. The minimum Gasteiger partial charge on any atom is -0.495 e. The Balaban J connectivity index is 1.74. The number of methoxy groups -OCH3 is 2. The van der Waals surface area contributed by atoms with Gasteiger partial charge in [-0.25, -0.2) is 4.98 Å². The molecular weight excluding hydrogens is 372 g/mol. The Hall–Kier alpha value is -2.42. The molecule has 1 aliphatic heterocycles. The average molecular weight is 393 g/mol. The molecule has 1 aromatic carbocycles. The van der Waals surface area contributed by atoms with Crippen molar-refractivity contribution in [2.75, 3.05) is 52.4 Å². The fourth-order valence-corrected chi connectivity index (χ4v) is 2.87. The van der Waals surface area contributed by atoms with E-state index in [9.17, 15) is 4.79 Å². The molecule has 0 saturated carbocycles. The summed E-state index contributed by atoms with van der Waals surface area (Å²) in [4.78, 5) is 22.9. The molecule has 2 aromatic rings. The van der Waals surface area contributed by atoms with Gasteiger partial charge in [0.15, 0.2) is 5.78 Å². The highest BCUT2D eigenvalue weighted by atomic mass is 35.5. The summed E-state index contributed by atoms with van der Waals surface area (Å²) in [5, 5.41) is 3.37. The van der Waals surface area contributed by atoms with Crippen LogP contribution in [-0.2, 0) is 4.74 Å². The molecule has 0 unspecified atom stereocenters. The summed E-state index contributed by atoms with van der Waals surface area (Å²) < 4.78 is 15.8. The molecular formula is C18H21ClN4O4. The number of benzene rings is 1. The number of nitrogens with zero attached hydrogens (tertiary/aromatic N) is 3. The third-order valence-corrected chi connectivity index (χ3v) is 4.41. The zero-order valence-corrected chi connectivity index (χ0v) is 16.0. The van der Waals surface area contributed by atoms with Gasteiger partial charge < -0.3 is 19.5 Å². The SMILES string of the molecule is COc1cc(C(=O)CN2CCOCC2)ccc1Nc1ncc(Cl)c(OC)n1. The highest BCUT2D eigenvalue weighted by molar-refractivity contribution is 6.31. The largest absolute Gasteiger partial charge is 0.495 e. The van der Waals surface area contributed by atoms with Crippen molar-refractivity contribution < 1.29 is 19.0 Å². The van der Waals surface area contributed by atoms with Gasteiger partial charge in [-0.1, -0.05) is 11.6 Å². The summed E-state index contributed by atoms with van der Waals surface area (Å²) in [5.41, 5.74) is 1.21. The predicted molar refractivity (Wildman–Crippen MR) is 101 cm³/mol. The van der Waals surface area contributed by atoms with Gasteiger partial charge in [-0.2, -0.15) is 4.98 Å². The zero-order valence-electron chi connectivity index (χ0n) is 15.2. The van der Waals surface area contributed by atoms with Crippen LogP contribution in [-0.4, -0.2) is 67.7 Å². The predicted octanol–water partition coefficient (Wildman–Crippen LogP) is 2.41. The van der Waals surface area contributed by atoms with Crippen LogP contribution in [0.1, 0.15) is 10.4 Å². The molecule has 144 valence electrons. The second-order valence-corrected chi connectivity index (χ2v) is 6.31. The second kappa shape index (κ2) is 8.98. The van der Waals surface area contributed by atoms with Gasteiger partial charge in [0.2, 0.25) is 11.8 Å². The first-order valence-electron chi connectivity index (χ1n) is 8.45. The van der Waals surface area contributed by atoms with Crippen LogP contribution in [0, 0.1) is 0 Å². The van der Waals surface area contributed by atoms with Gasteiger partial charge in [-0.05, 0) is 18.2 Å². The molecule has 0 atom stereocenters. The van der Waals surface area contributed by atoms with Crippen LogP contribution in [0.25, 0.3) is 0 Å². The quantitative estimate of drug-likeness (QED) is 0.719. The maximum absolute atomic E-state index is 12.6. The number of morpholine rings is 1. The van der Waals surface area contributed by atoms with Crippen molar-refractivity contribution in [1.29, 1.82) is 0 Å². The number of carbonyl (C=O) groups is 1. The molecule has 0 radical (unpaired) electrons. The number of carbonyl (C=O) groups excluding carboxylic acids is 1. The van der Waals surface area contributed by atoms with Crippen molar-refractivity contribution in [2.24, 2.45) is 0 Å². The van der Waals surface area contributed by atoms with E-state index in [4.69, 9.17) is 25.8 Å². The smallest absolute Gasteiger partial charge is 0.237 e. The summed E-state index contributed by atoms with van der Waals surface area (Å²) >= 11 is 5.94. The molecule has 1 saturated heterocycles. The maximum Gasteiger partial charge on any atom is 0.237 e. The molecule has 27 heavy (non-hydrogen) atoms. The lowest BCUT2D eigenvalue weighted by atomic mass is 10.1. The topological polar surface area (TPSA) is 85.8 Å². The van der Waals surface area contributed by atoms with Gasteiger partial charge >= 0.3 is 0 Å². The van der Waals surface area contributed by atoms with Crippen molar-refractivity contribution in [2.45, 2.75) is 0 Å².